The normalized spacial score (nSPS) is 26.3. The summed E-state index contributed by atoms with van der Waals surface area (Å²) < 4.78 is 0. The lowest BCUT2D eigenvalue weighted by molar-refractivity contribution is -0.135. The van der Waals surface area contributed by atoms with Crippen LogP contribution in [0.3, 0.4) is 0 Å². The second-order valence-corrected chi connectivity index (χ2v) is 10.5. The van der Waals surface area contributed by atoms with E-state index in [4.69, 9.17) is 23.2 Å². The topological polar surface area (TPSA) is 57.7 Å². The van der Waals surface area contributed by atoms with Gasteiger partial charge in [0.1, 0.15) is 6.04 Å². The minimum Gasteiger partial charge on any atom is -0.359 e. The predicted molar refractivity (Wildman–Crippen MR) is 124 cm³/mol. The molecule has 7 heteroatoms. The predicted octanol–water partition coefficient (Wildman–Crippen LogP) is 5.12. The quantitative estimate of drug-likeness (QED) is 0.573. The molecule has 0 aromatic heterocycles. The van der Waals surface area contributed by atoms with E-state index in [2.05, 4.69) is 0 Å². The summed E-state index contributed by atoms with van der Waals surface area (Å²) in [6, 6.07) is 11.3. The van der Waals surface area contributed by atoms with Crippen molar-refractivity contribution >= 4 is 52.6 Å². The van der Waals surface area contributed by atoms with Crippen LogP contribution in [0, 0.1) is 17.3 Å². The summed E-state index contributed by atoms with van der Waals surface area (Å²) >= 11 is 12.3. The summed E-state index contributed by atoms with van der Waals surface area (Å²) in [6.45, 7) is 5.53. The monoisotopic (exact) mass is 468 g/mol. The van der Waals surface area contributed by atoms with Gasteiger partial charge < -0.3 is 4.90 Å². The SMILES string of the molecule is CC(C)(C)C(=O)[C@@H]1[C@H]2C(=O)N(c3cc(Cl)cc(Cl)c3)C(=O)[C@@H]2[C@H]2c3ccccc3C=CN12. The van der Waals surface area contributed by atoms with Crippen molar-refractivity contribution in [1.82, 2.24) is 4.90 Å². The summed E-state index contributed by atoms with van der Waals surface area (Å²) in [7, 11) is 0. The van der Waals surface area contributed by atoms with Gasteiger partial charge in [-0.15, -0.1) is 0 Å². The average Bonchev–Trinajstić information content (AvgIpc) is 3.19. The van der Waals surface area contributed by atoms with Crippen LogP contribution in [0.15, 0.2) is 48.7 Å². The van der Waals surface area contributed by atoms with Gasteiger partial charge in [0.05, 0.1) is 23.6 Å². The highest BCUT2D eigenvalue weighted by Crippen LogP contribution is 2.54. The first-order chi connectivity index (χ1) is 15.1. The highest BCUT2D eigenvalue weighted by Gasteiger charge is 2.65. The Kier molecular flexibility index (Phi) is 4.77. The first-order valence-electron chi connectivity index (χ1n) is 10.5. The molecule has 3 heterocycles. The number of rotatable bonds is 2. The van der Waals surface area contributed by atoms with Gasteiger partial charge in [-0.25, -0.2) is 4.90 Å². The first kappa shape index (κ1) is 21.2. The molecular formula is C25H22Cl2N2O3. The molecule has 0 radical (unpaired) electrons. The van der Waals surface area contributed by atoms with E-state index in [1.807, 2.05) is 62.2 Å². The molecule has 2 aromatic rings. The van der Waals surface area contributed by atoms with E-state index < -0.39 is 29.3 Å². The number of fused-ring (bicyclic) bond motifs is 5. The molecule has 0 unspecified atom stereocenters. The first-order valence-corrected chi connectivity index (χ1v) is 11.3. The fraction of sp³-hybridized carbons (Fsp3) is 0.320. The number of halogens is 2. The minimum absolute atomic E-state index is 0.0637. The third-order valence-electron chi connectivity index (χ3n) is 6.57. The van der Waals surface area contributed by atoms with Crippen molar-refractivity contribution < 1.29 is 14.4 Å². The van der Waals surface area contributed by atoms with Crippen molar-refractivity contribution in [1.29, 1.82) is 0 Å². The van der Waals surface area contributed by atoms with E-state index in [9.17, 15) is 14.4 Å². The second-order valence-electron chi connectivity index (χ2n) is 9.59. The van der Waals surface area contributed by atoms with Gasteiger partial charge in [0.15, 0.2) is 5.78 Å². The number of ketones is 1. The van der Waals surface area contributed by atoms with Crippen LogP contribution in [0.5, 0.6) is 0 Å². The van der Waals surface area contributed by atoms with E-state index in [1.54, 1.807) is 18.2 Å². The zero-order valence-electron chi connectivity index (χ0n) is 17.9. The van der Waals surface area contributed by atoms with E-state index in [0.717, 1.165) is 16.0 Å². The molecule has 0 bridgehead atoms. The number of nitrogens with zero attached hydrogens (tertiary/aromatic N) is 2. The van der Waals surface area contributed by atoms with E-state index in [1.165, 1.54) is 0 Å². The Balaban J connectivity index is 1.68. The molecule has 0 N–H and O–H groups in total. The van der Waals surface area contributed by atoms with Gasteiger partial charge in [0, 0.05) is 21.7 Å². The number of Topliss-reactive ketones (excluding diaryl/α,β-unsaturated/α-hetero) is 1. The Bertz CT molecular complexity index is 1180. The second kappa shape index (κ2) is 7.19. The molecule has 3 aliphatic rings. The Labute approximate surface area is 196 Å². The van der Waals surface area contributed by atoms with Crippen LogP contribution in [-0.4, -0.2) is 28.5 Å². The maximum atomic E-state index is 13.8. The summed E-state index contributed by atoms with van der Waals surface area (Å²) in [4.78, 5) is 44.2. The molecule has 2 aromatic carbocycles. The molecule has 4 atom stereocenters. The van der Waals surface area contributed by atoms with Gasteiger partial charge >= 0.3 is 0 Å². The highest BCUT2D eigenvalue weighted by atomic mass is 35.5. The van der Waals surface area contributed by atoms with Gasteiger partial charge in [-0.05, 0) is 35.4 Å². The molecule has 2 fully saturated rings. The van der Waals surface area contributed by atoms with Gasteiger partial charge in [-0.3, -0.25) is 14.4 Å². The van der Waals surface area contributed by atoms with Gasteiger partial charge in [-0.1, -0.05) is 68.2 Å². The molecule has 2 saturated heterocycles. The van der Waals surface area contributed by atoms with Crippen molar-refractivity contribution in [3.63, 3.8) is 0 Å². The van der Waals surface area contributed by atoms with Crippen LogP contribution >= 0.6 is 23.2 Å². The Morgan fingerprint density at radius 2 is 1.56 bits per heavy atom. The highest BCUT2D eigenvalue weighted by molar-refractivity contribution is 6.35. The number of benzene rings is 2. The fourth-order valence-corrected chi connectivity index (χ4v) is 5.74. The van der Waals surface area contributed by atoms with Crippen LogP contribution in [-0.2, 0) is 14.4 Å². The van der Waals surface area contributed by atoms with Crippen LogP contribution in [0.4, 0.5) is 5.69 Å². The maximum absolute atomic E-state index is 13.8. The fourth-order valence-electron chi connectivity index (χ4n) is 5.22. The molecular weight excluding hydrogens is 447 g/mol. The lowest BCUT2D eigenvalue weighted by atomic mass is 9.79. The molecule has 5 rings (SSSR count). The summed E-state index contributed by atoms with van der Waals surface area (Å²) in [5, 5.41) is 0.667. The molecule has 0 saturated carbocycles. The van der Waals surface area contributed by atoms with Crippen molar-refractivity contribution in [3.8, 4) is 0 Å². The van der Waals surface area contributed by atoms with Crippen molar-refractivity contribution in [2.45, 2.75) is 32.9 Å². The summed E-state index contributed by atoms with van der Waals surface area (Å²) in [5.41, 5.74) is 1.59. The standard InChI is InChI=1S/C25H22Cl2N2O3/c1-25(2,3)22(30)21-19-18(20-17-7-5-4-6-13(17)8-9-28(20)21)23(31)29(24(19)32)16-11-14(26)10-15(27)12-16/h4-12,18-21H,1-3H3/t18-,19-,20+,21-/m0/s1. The molecule has 164 valence electrons. The van der Waals surface area contributed by atoms with Crippen molar-refractivity contribution in [2.75, 3.05) is 4.90 Å². The molecule has 2 amide bonds. The van der Waals surface area contributed by atoms with Crippen molar-refractivity contribution in [3.05, 3.63) is 69.8 Å². The third kappa shape index (κ3) is 3.02. The number of amides is 2. The maximum Gasteiger partial charge on any atom is 0.240 e. The van der Waals surface area contributed by atoms with Gasteiger partial charge in [-0.2, -0.15) is 0 Å². The third-order valence-corrected chi connectivity index (χ3v) is 7.01. The lowest BCUT2D eigenvalue weighted by Crippen LogP contribution is -2.47. The zero-order valence-corrected chi connectivity index (χ0v) is 19.4. The molecule has 32 heavy (non-hydrogen) atoms. The Morgan fingerprint density at radius 1 is 0.938 bits per heavy atom. The molecule has 0 aliphatic carbocycles. The number of hydrogen-bond acceptors (Lipinski definition) is 4. The smallest absolute Gasteiger partial charge is 0.240 e. The van der Waals surface area contributed by atoms with E-state index in [-0.39, 0.29) is 17.6 Å². The minimum atomic E-state index is -0.784. The zero-order chi connectivity index (χ0) is 22.9. The molecule has 3 aliphatic heterocycles. The lowest BCUT2D eigenvalue weighted by Gasteiger charge is -2.37. The Hall–Kier alpha value is -2.63. The van der Waals surface area contributed by atoms with Gasteiger partial charge in [0.25, 0.3) is 0 Å². The van der Waals surface area contributed by atoms with Crippen LogP contribution in [0.1, 0.15) is 37.9 Å². The number of anilines is 1. The van der Waals surface area contributed by atoms with Crippen LogP contribution in [0.25, 0.3) is 6.08 Å². The number of imide groups is 1. The Morgan fingerprint density at radius 3 is 2.22 bits per heavy atom. The van der Waals surface area contributed by atoms with E-state index >= 15 is 0 Å². The largest absolute Gasteiger partial charge is 0.359 e. The number of hydrogen-bond donors (Lipinski definition) is 0. The summed E-state index contributed by atoms with van der Waals surface area (Å²) in [5.74, 6) is -2.24. The van der Waals surface area contributed by atoms with Crippen LogP contribution < -0.4 is 4.90 Å². The van der Waals surface area contributed by atoms with Crippen LogP contribution in [0.2, 0.25) is 10.0 Å². The van der Waals surface area contributed by atoms with E-state index in [0.29, 0.717) is 15.7 Å². The number of carbonyl (C=O) groups excluding carboxylic acids is 3. The summed E-state index contributed by atoms with van der Waals surface area (Å²) in [6.07, 6.45) is 3.81. The molecule has 5 nitrogen and oxygen atoms in total. The average molecular weight is 469 g/mol. The van der Waals surface area contributed by atoms with Crippen molar-refractivity contribution in [2.24, 2.45) is 17.3 Å². The van der Waals surface area contributed by atoms with Gasteiger partial charge in [0.2, 0.25) is 11.8 Å². The number of carbonyl (C=O) groups is 3. The molecule has 0 spiro atoms.